The third kappa shape index (κ3) is 477. The van der Waals surface area contributed by atoms with Gasteiger partial charge in [-0.15, -0.1) is 0 Å². The molecule has 13 heteroatoms. The second kappa shape index (κ2) is 12.1. The fourth-order valence-corrected chi connectivity index (χ4v) is 0. The van der Waals surface area contributed by atoms with Crippen molar-refractivity contribution >= 4 is 29.0 Å². The average Bonchev–Trinajstić information content (AvgIpc) is 1.12. The van der Waals surface area contributed by atoms with E-state index in [2.05, 4.69) is 0 Å². The van der Waals surface area contributed by atoms with Crippen molar-refractivity contribution in [2.24, 2.45) is 0 Å². The maximum Gasteiger partial charge on any atom is 2.00 e. The Morgan fingerprint density at radius 1 is 0.538 bits per heavy atom. The molecule has 0 atom stereocenters. The molecule has 0 aliphatic heterocycles. The molecule has 0 aromatic rings. The van der Waals surface area contributed by atoms with Gasteiger partial charge in [-0.2, -0.15) is 0 Å². The first-order valence-electron chi connectivity index (χ1n) is 1.46. The van der Waals surface area contributed by atoms with E-state index in [1.165, 1.54) is 0 Å². The predicted molar refractivity (Wildman–Crippen MR) is 12.9 cm³/mol. The van der Waals surface area contributed by atoms with Crippen LogP contribution in [0.1, 0.15) is 0 Å². The van der Waals surface area contributed by atoms with Gasteiger partial charge in [0.15, 0.2) is 0 Å². The van der Waals surface area contributed by atoms with Crippen LogP contribution in [0.4, 0.5) is 0 Å². The van der Waals surface area contributed by atoms with Crippen LogP contribution >= 0.6 is 0 Å². The van der Waals surface area contributed by atoms with E-state index in [0.29, 0.717) is 0 Å². The fourth-order valence-electron chi connectivity index (χ4n) is 0. The molecule has 0 amide bonds. The molecular weight excluding hydrogens is 434 g/mol. The van der Waals surface area contributed by atoms with Crippen LogP contribution < -0.4 is 24.6 Å². The number of rotatable bonds is 0. The summed E-state index contributed by atoms with van der Waals surface area (Å²) in [5.74, 6) is 0. The quantitative estimate of drug-likeness (QED) is 0.338. The molecule has 0 radical (unpaired) electrons. The first kappa shape index (κ1) is 29.4. The zero-order chi connectivity index (χ0) is 9.00. The Hall–Kier alpha value is 2.07. The molecule has 0 saturated carbocycles. The van der Waals surface area contributed by atoms with Gasteiger partial charge in [0.2, 0.25) is 0 Å². The van der Waals surface area contributed by atoms with Crippen molar-refractivity contribution in [2.45, 2.75) is 0 Å². The molecule has 13 heavy (non-hydrogen) atoms. The minimum atomic E-state index is -5.88. The van der Waals surface area contributed by atoms with Crippen molar-refractivity contribution in [3.8, 4) is 0 Å². The van der Waals surface area contributed by atoms with E-state index in [-0.39, 0.29) is 52.1 Å². The molecule has 0 aliphatic carbocycles. The van der Waals surface area contributed by atoms with Gasteiger partial charge in [0.1, 0.15) is 0 Å². The summed E-state index contributed by atoms with van der Waals surface area (Å²) >= 11 is -11.8. The minimum absolute atomic E-state index is 0. The SMILES string of the molecule is O=[As]([O-])([O-])[O-].O=[As]([O-])([O-])[O-].[Cr+2].[Cr+2].[Cr+2]. The summed E-state index contributed by atoms with van der Waals surface area (Å²) in [4.78, 5) is 0. The van der Waals surface area contributed by atoms with Crippen molar-refractivity contribution < 1.29 is 84.1 Å². The van der Waals surface area contributed by atoms with Crippen molar-refractivity contribution in [3.63, 3.8) is 0 Å². The van der Waals surface area contributed by atoms with Gasteiger partial charge < -0.3 is 0 Å². The molecule has 0 aliphatic rings. The topological polar surface area (TPSA) is 172 Å². The maximum absolute atomic E-state index is 8.61. The van der Waals surface area contributed by atoms with Gasteiger partial charge in [0, 0.05) is 0 Å². The van der Waals surface area contributed by atoms with E-state index in [1.54, 1.807) is 0 Å². The molecule has 0 aromatic carbocycles. The molecule has 0 saturated heterocycles. The van der Waals surface area contributed by atoms with E-state index in [1.807, 2.05) is 0 Å². The Morgan fingerprint density at radius 2 is 0.538 bits per heavy atom. The Labute approximate surface area is 112 Å². The minimum Gasteiger partial charge on any atom is 2.00 e. The van der Waals surface area contributed by atoms with E-state index < -0.39 is 29.0 Å². The van der Waals surface area contributed by atoms with Crippen molar-refractivity contribution in [1.29, 1.82) is 0 Å². The van der Waals surface area contributed by atoms with Crippen LogP contribution in [0.15, 0.2) is 0 Å². The van der Waals surface area contributed by atoms with Crippen molar-refractivity contribution in [1.82, 2.24) is 0 Å². The second-order valence-corrected chi connectivity index (χ2v) is 4.65. The summed E-state index contributed by atoms with van der Waals surface area (Å²) in [6, 6.07) is 0. The Bertz CT molecular complexity index is 130. The Morgan fingerprint density at radius 3 is 0.538 bits per heavy atom. The Balaban J connectivity index is -0.0000000267. The Kier molecular flexibility index (Phi) is 27.5. The summed E-state index contributed by atoms with van der Waals surface area (Å²) in [7, 11) is 0. The van der Waals surface area contributed by atoms with E-state index in [4.69, 9.17) is 32.1 Å². The number of hydrogen-bond acceptors (Lipinski definition) is 8. The predicted octanol–water partition coefficient (Wildman–Crippen LogP) is -8.14. The van der Waals surface area contributed by atoms with Crippen LogP contribution in [0, 0.1) is 0 Å². The second-order valence-electron chi connectivity index (χ2n) is 0.894. The van der Waals surface area contributed by atoms with Gasteiger partial charge in [-0.05, 0) is 0 Å². The average molecular weight is 434 g/mol. The molecule has 76 valence electrons. The molecule has 0 unspecified atom stereocenters. The monoisotopic (exact) mass is 434 g/mol. The van der Waals surface area contributed by atoms with Crippen LogP contribution in [0.25, 0.3) is 0 Å². The summed E-state index contributed by atoms with van der Waals surface area (Å²) in [6.07, 6.45) is 0. The van der Waals surface area contributed by atoms with E-state index >= 15 is 0 Å². The van der Waals surface area contributed by atoms with Gasteiger partial charge >= 0.3 is 113 Å². The van der Waals surface area contributed by atoms with E-state index in [9.17, 15) is 0 Å². The van der Waals surface area contributed by atoms with Crippen LogP contribution in [0.2, 0.25) is 0 Å². The van der Waals surface area contributed by atoms with Crippen molar-refractivity contribution in [2.75, 3.05) is 0 Å². The van der Waals surface area contributed by atoms with Gasteiger partial charge in [-0.1, -0.05) is 0 Å². The van der Waals surface area contributed by atoms with Crippen LogP contribution in [-0.2, 0) is 59.6 Å². The summed E-state index contributed by atoms with van der Waals surface area (Å²) in [6.45, 7) is 0. The first-order chi connectivity index (χ1) is 4.00. The summed E-state index contributed by atoms with van der Waals surface area (Å²) < 4.78 is 68.9. The van der Waals surface area contributed by atoms with E-state index in [0.717, 1.165) is 0 Å². The van der Waals surface area contributed by atoms with Crippen molar-refractivity contribution in [3.05, 3.63) is 0 Å². The molecule has 0 N–H and O–H groups in total. The third-order valence-corrected chi connectivity index (χ3v) is 0. The normalized spacial score (nSPS) is 9.08. The van der Waals surface area contributed by atoms with Crippen LogP contribution in [0.5, 0.6) is 0 Å². The van der Waals surface area contributed by atoms with Gasteiger partial charge in [-0.3, -0.25) is 0 Å². The van der Waals surface area contributed by atoms with Gasteiger partial charge in [0.25, 0.3) is 0 Å². The zero-order valence-electron chi connectivity index (χ0n) is 5.39. The molecule has 0 heterocycles. The maximum atomic E-state index is 8.61. The molecule has 0 spiro atoms. The summed E-state index contributed by atoms with van der Waals surface area (Å²) in [5.41, 5.74) is 0. The van der Waals surface area contributed by atoms with Gasteiger partial charge in [-0.25, -0.2) is 0 Å². The van der Waals surface area contributed by atoms with Gasteiger partial charge in [0.05, 0.1) is 0 Å². The van der Waals surface area contributed by atoms with Crippen LogP contribution in [0.3, 0.4) is 0 Å². The fraction of sp³-hybridized carbons (Fsp3) is 0. The zero-order valence-corrected chi connectivity index (χ0v) is 13.0. The summed E-state index contributed by atoms with van der Waals surface area (Å²) in [5, 5.41) is 0. The largest absolute Gasteiger partial charge is 2.00 e. The molecule has 0 fully saturated rings. The first-order valence-corrected chi connectivity index (χ1v) is 7.59. The number of hydrogen-bond donors (Lipinski definition) is 0. The molecule has 0 bridgehead atoms. The smallest absolute Gasteiger partial charge is 2.00 e. The van der Waals surface area contributed by atoms with Crippen LogP contribution in [-0.4, -0.2) is 29.0 Å². The molecule has 0 rings (SSSR count). The standard InChI is InChI=1S/2AsH3O4.3Cr/c2*2-1(3,4)5;;;/h2*(H3,2,3,4,5);;;/q;;3*+2/p-6. The molecule has 0 aromatic heterocycles. The molecule has 8 nitrogen and oxygen atoms in total. The third-order valence-electron chi connectivity index (χ3n) is 0. The molecular formula is As2Cr3O8.